The van der Waals surface area contributed by atoms with E-state index >= 15 is 0 Å². The number of carbonyl (C=O) groups is 1. The monoisotopic (exact) mass is 440 g/mol. The number of para-hydroxylation sites is 1. The number of aromatic nitrogens is 2. The molecule has 2 aromatic carbocycles. The molecule has 160 valence electrons. The van der Waals surface area contributed by atoms with Crippen LogP contribution in [0.4, 0.5) is 5.69 Å². The third-order valence-electron chi connectivity index (χ3n) is 4.85. The number of nitrogens with zero attached hydrogens (tertiary/aromatic N) is 2. The van der Waals surface area contributed by atoms with E-state index in [4.69, 9.17) is 4.74 Å². The number of amides is 1. The van der Waals surface area contributed by atoms with Crippen LogP contribution in [0.2, 0.25) is 0 Å². The minimum atomic E-state index is -3.63. The molecule has 1 amide bonds. The van der Waals surface area contributed by atoms with E-state index in [1.54, 1.807) is 30.3 Å². The number of ether oxygens (including phenoxy) is 1. The molecule has 1 saturated heterocycles. The van der Waals surface area contributed by atoms with Crippen LogP contribution in [0.5, 0.6) is 0 Å². The van der Waals surface area contributed by atoms with Gasteiger partial charge in [-0.15, -0.1) is 0 Å². The zero-order valence-corrected chi connectivity index (χ0v) is 17.3. The molecule has 0 saturated carbocycles. The quantitative estimate of drug-likeness (QED) is 0.623. The number of morpholine rings is 1. The maximum atomic E-state index is 12.7. The van der Waals surface area contributed by atoms with Gasteiger partial charge in [0.2, 0.25) is 10.0 Å². The molecule has 0 unspecified atom stereocenters. The third-order valence-corrected chi connectivity index (χ3v) is 6.77. The maximum absolute atomic E-state index is 12.7. The van der Waals surface area contributed by atoms with Gasteiger partial charge in [0, 0.05) is 30.3 Å². The summed E-state index contributed by atoms with van der Waals surface area (Å²) in [7, 11) is -3.63. The van der Waals surface area contributed by atoms with Crippen LogP contribution in [-0.4, -0.2) is 55.1 Å². The minimum absolute atomic E-state index is 0.129. The Morgan fingerprint density at radius 3 is 2.39 bits per heavy atom. The van der Waals surface area contributed by atoms with Crippen LogP contribution < -0.4 is 10.9 Å². The summed E-state index contributed by atoms with van der Waals surface area (Å²) in [6.45, 7) is 1.34. The van der Waals surface area contributed by atoms with Crippen LogP contribution in [0.15, 0.2) is 70.4 Å². The zero-order chi connectivity index (χ0) is 21.8. The van der Waals surface area contributed by atoms with E-state index in [9.17, 15) is 18.0 Å². The highest BCUT2D eigenvalue weighted by Crippen LogP contribution is 2.26. The van der Waals surface area contributed by atoms with Gasteiger partial charge >= 0.3 is 0 Å². The van der Waals surface area contributed by atoms with Gasteiger partial charge in [-0.1, -0.05) is 18.2 Å². The second kappa shape index (κ2) is 8.80. The van der Waals surface area contributed by atoms with Gasteiger partial charge in [-0.25, -0.2) is 13.5 Å². The summed E-state index contributed by atoms with van der Waals surface area (Å²) in [6.07, 6.45) is 0. The van der Waals surface area contributed by atoms with Crippen molar-refractivity contribution in [1.82, 2.24) is 14.5 Å². The second-order valence-electron chi connectivity index (χ2n) is 6.85. The smallest absolute Gasteiger partial charge is 0.264 e. The average Bonchev–Trinajstić information content (AvgIpc) is 2.81. The summed E-state index contributed by atoms with van der Waals surface area (Å²) in [5.74, 6) is -0.396. The molecule has 1 aliphatic rings. The number of rotatable bonds is 5. The van der Waals surface area contributed by atoms with Crippen molar-refractivity contribution in [3.05, 3.63) is 76.6 Å². The van der Waals surface area contributed by atoms with Gasteiger partial charge in [-0.05, 0) is 36.4 Å². The molecule has 4 rings (SSSR count). The molecule has 0 spiro atoms. The summed E-state index contributed by atoms with van der Waals surface area (Å²) in [4.78, 5) is 24.1. The lowest BCUT2D eigenvalue weighted by atomic mass is 10.1. The van der Waals surface area contributed by atoms with Crippen molar-refractivity contribution in [3.8, 4) is 11.3 Å². The molecule has 31 heavy (non-hydrogen) atoms. The van der Waals surface area contributed by atoms with Crippen LogP contribution in [-0.2, 0) is 14.8 Å². The minimum Gasteiger partial charge on any atom is -0.379 e. The van der Waals surface area contributed by atoms with Crippen LogP contribution in [0, 0.1) is 0 Å². The number of sulfonamides is 1. The van der Waals surface area contributed by atoms with E-state index in [0.717, 1.165) is 0 Å². The van der Waals surface area contributed by atoms with E-state index in [-0.39, 0.29) is 10.5 Å². The summed E-state index contributed by atoms with van der Waals surface area (Å²) in [5, 5.41) is 9.19. The summed E-state index contributed by atoms with van der Waals surface area (Å²) < 4.78 is 32.0. The molecule has 0 bridgehead atoms. The Morgan fingerprint density at radius 1 is 1.00 bits per heavy atom. The zero-order valence-electron chi connectivity index (χ0n) is 16.4. The van der Waals surface area contributed by atoms with Gasteiger partial charge in [0.15, 0.2) is 0 Å². The SMILES string of the molecule is O=C(Nc1ccccc1-c1ccc(=O)[nH]n1)c1ccc(S(=O)(=O)N2CCOCC2)cc1. The fourth-order valence-electron chi connectivity index (χ4n) is 3.22. The molecule has 1 aromatic heterocycles. The van der Waals surface area contributed by atoms with E-state index in [0.29, 0.717) is 48.8 Å². The van der Waals surface area contributed by atoms with Gasteiger partial charge in [-0.2, -0.15) is 9.40 Å². The third kappa shape index (κ3) is 4.55. The van der Waals surface area contributed by atoms with Gasteiger partial charge in [0.1, 0.15) is 0 Å². The molecule has 1 aliphatic heterocycles. The first-order chi connectivity index (χ1) is 14.9. The van der Waals surface area contributed by atoms with Crippen LogP contribution >= 0.6 is 0 Å². The normalized spacial score (nSPS) is 14.8. The molecule has 0 atom stereocenters. The number of hydrogen-bond donors (Lipinski definition) is 2. The van der Waals surface area contributed by atoms with Crippen molar-refractivity contribution in [2.45, 2.75) is 4.90 Å². The Kier molecular flexibility index (Phi) is 5.94. The number of nitrogens with one attached hydrogen (secondary N) is 2. The van der Waals surface area contributed by atoms with Crippen LogP contribution in [0.3, 0.4) is 0 Å². The predicted molar refractivity (Wildman–Crippen MR) is 114 cm³/mol. The highest BCUT2D eigenvalue weighted by Gasteiger charge is 2.26. The molecular weight excluding hydrogens is 420 g/mol. The first-order valence-corrected chi connectivity index (χ1v) is 11.0. The lowest BCUT2D eigenvalue weighted by Gasteiger charge is -2.26. The topological polar surface area (TPSA) is 121 Å². The number of carbonyl (C=O) groups excluding carboxylic acids is 1. The van der Waals surface area contributed by atoms with E-state index in [1.807, 2.05) is 0 Å². The van der Waals surface area contributed by atoms with Crippen LogP contribution in [0.1, 0.15) is 10.4 Å². The number of anilines is 1. The highest BCUT2D eigenvalue weighted by atomic mass is 32.2. The van der Waals surface area contributed by atoms with Crippen molar-refractivity contribution in [2.24, 2.45) is 0 Å². The molecule has 1 fully saturated rings. The molecule has 0 radical (unpaired) electrons. The summed E-state index contributed by atoms with van der Waals surface area (Å²) in [6, 6.07) is 15.8. The molecule has 2 N–H and O–H groups in total. The number of hydrogen-bond acceptors (Lipinski definition) is 6. The summed E-state index contributed by atoms with van der Waals surface area (Å²) in [5.41, 5.74) is 1.64. The fraction of sp³-hybridized carbons (Fsp3) is 0.190. The average molecular weight is 440 g/mol. The molecule has 3 aromatic rings. The Balaban J connectivity index is 1.54. The number of aromatic amines is 1. The Bertz CT molecular complexity index is 1230. The predicted octanol–water partition coefficient (Wildman–Crippen LogP) is 1.71. The summed E-state index contributed by atoms with van der Waals surface area (Å²) >= 11 is 0. The highest BCUT2D eigenvalue weighted by molar-refractivity contribution is 7.89. The largest absolute Gasteiger partial charge is 0.379 e. The Morgan fingerprint density at radius 2 is 1.71 bits per heavy atom. The van der Waals surface area contributed by atoms with Gasteiger partial charge < -0.3 is 10.1 Å². The van der Waals surface area contributed by atoms with E-state index < -0.39 is 15.9 Å². The lowest BCUT2D eigenvalue weighted by Crippen LogP contribution is -2.40. The van der Waals surface area contributed by atoms with Crippen molar-refractivity contribution >= 4 is 21.6 Å². The standard InChI is InChI=1S/C21H20N4O5S/c26-20-10-9-19(23-24-20)17-3-1-2-4-18(17)22-21(27)15-5-7-16(8-6-15)31(28,29)25-11-13-30-14-12-25/h1-10H,11-14H2,(H,22,27)(H,24,26). The first-order valence-electron chi connectivity index (χ1n) is 9.59. The van der Waals surface area contributed by atoms with Crippen molar-refractivity contribution < 1.29 is 17.9 Å². The molecule has 2 heterocycles. The second-order valence-corrected chi connectivity index (χ2v) is 8.78. The van der Waals surface area contributed by atoms with E-state index in [1.165, 1.54) is 34.6 Å². The number of benzene rings is 2. The number of H-pyrrole nitrogens is 1. The molecular formula is C21H20N4O5S. The van der Waals surface area contributed by atoms with Gasteiger partial charge in [0.05, 0.1) is 29.5 Å². The van der Waals surface area contributed by atoms with E-state index in [2.05, 4.69) is 15.5 Å². The van der Waals surface area contributed by atoms with Crippen molar-refractivity contribution in [2.75, 3.05) is 31.6 Å². The lowest BCUT2D eigenvalue weighted by molar-refractivity contribution is 0.0730. The molecule has 0 aliphatic carbocycles. The maximum Gasteiger partial charge on any atom is 0.264 e. The van der Waals surface area contributed by atoms with Gasteiger partial charge in [0.25, 0.3) is 11.5 Å². The van der Waals surface area contributed by atoms with Gasteiger partial charge in [-0.3, -0.25) is 9.59 Å². The van der Waals surface area contributed by atoms with Crippen molar-refractivity contribution in [3.63, 3.8) is 0 Å². The van der Waals surface area contributed by atoms with Crippen molar-refractivity contribution in [1.29, 1.82) is 0 Å². The molecule has 9 nitrogen and oxygen atoms in total. The Hall–Kier alpha value is -3.34. The first kappa shape index (κ1) is 20.9. The fourth-order valence-corrected chi connectivity index (χ4v) is 4.63. The molecule has 10 heteroatoms. The Labute approximate surface area is 178 Å². The van der Waals surface area contributed by atoms with Crippen LogP contribution in [0.25, 0.3) is 11.3 Å².